The summed E-state index contributed by atoms with van der Waals surface area (Å²) in [6.45, 7) is 14.8. The summed E-state index contributed by atoms with van der Waals surface area (Å²) in [6, 6.07) is 1.27. The van der Waals surface area contributed by atoms with E-state index < -0.39 is 0 Å². The monoisotopic (exact) mass is 300 g/mol. The van der Waals surface area contributed by atoms with Crippen molar-refractivity contribution in [1.29, 1.82) is 0 Å². The molecular weight excluding hydrogens is 264 g/mol. The van der Waals surface area contributed by atoms with Crippen molar-refractivity contribution in [1.82, 2.24) is 10.2 Å². The van der Waals surface area contributed by atoms with Crippen molar-refractivity contribution in [2.45, 2.75) is 52.6 Å². The topological polar surface area (TPSA) is 33.7 Å². The van der Waals surface area contributed by atoms with Gasteiger partial charge in [0.15, 0.2) is 0 Å². The third-order valence-corrected chi connectivity index (χ3v) is 4.59. The molecule has 1 rings (SSSR count). The van der Waals surface area contributed by atoms with Gasteiger partial charge in [0.1, 0.15) is 0 Å². The van der Waals surface area contributed by atoms with Crippen LogP contribution in [-0.2, 0) is 9.47 Å². The highest BCUT2D eigenvalue weighted by molar-refractivity contribution is 4.88. The lowest BCUT2D eigenvalue weighted by molar-refractivity contribution is 0.0312. The summed E-state index contributed by atoms with van der Waals surface area (Å²) in [4.78, 5) is 2.64. The third-order valence-electron chi connectivity index (χ3n) is 4.59. The smallest absolute Gasteiger partial charge is 0.0700 e. The van der Waals surface area contributed by atoms with Gasteiger partial charge in [-0.3, -0.25) is 4.90 Å². The Morgan fingerprint density at radius 1 is 1.19 bits per heavy atom. The normalized spacial score (nSPS) is 25.4. The van der Waals surface area contributed by atoms with Gasteiger partial charge in [0, 0.05) is 38.8 Å². The lowest BCUT2D eigenvalue weighted by atomic mass is 9.93. The molecule has 0 amide bonds. The summed E-state index contributed by atoms with van der Waals surface area (Å²) >= 11 is 0. The van der Waals surface area contributed by atoms with Crippen molar-refractivity contribution in [3.63, 3.8) is 0 Å². The van der Waals surface area contributed by atoms with Gasteiger partial charge in [0.05, 0.1) is 19.8 Å². The Balaban J connectivity index is 2.44. The molecule has 1 saturated heterocycles. The maximum atomic E-state index is 5.67. The van der Waals surface area contributed by atoms with Crippen molar-refractivity contribution in [2.24, 2.45) is 11.8 Å². The van der Waals surface area contributed by atoms with E-state index in [2.05, 4.69) is 37.9 Å². The van der Waals surface area contributed by atoms with E-state index in [0.29, 0.717) is 25.3 Å². The minimum atomic E-state index is 0.623. The molecule has 1 aliphatic heterocycles. The predicted octanol–water partition coefficient (Wildman–Crippen LogP) is 2.38. The van der Waals surface area contributed by atoms with Crippen LogP contribution in [0, 0.1) is 11.8 Å². The van der Waals surface area contributed by atoms with Gasteiger partial charge in [-0.15, -0.1) is 0 Å². The highest BCUT2D eigenvalue weighted by Gasteiger charge is 2.30. The van der Waals surface area contributed by atoms with Gasteiger partial charge < -0.3 is 14.8 Å². The van der Waals surface area contributed by atoms with Crippen molar-refractivity contribution in [2.75, 3.05) is 46.6 Å². The predicted molar refractivity (Wildman–Crippen MR) is 88.8 cm³/mol. The molecular formula is C17H36N2O2. The first-order chi connectivity index (χ1) is 10.1. The second-order valence-corrected chi connectivity index (χ2v) is 6.78. The van der Waals surface area contributed by atoms with Gasteiger partial charge in [-0.05, 0) is 18.3 Å². The van der Waals surface area contributed by atoms with Crippen molar-refractivity contribution in [3.05, 3.63) is 0 Å². The molecule has 126 valence electrons. The van der Waals surface area contributed by atoms with E-state index in [1.54, 1.807) is 7.11 Å². The van der Waals surface area contributed by atoms with Gasteiger partial charge >= 0.3 is 0 Å². The average Bonchev–Trinajstić information content (AvgIpc) is 2.47. The lowest BCUT2D eigenvalue weighted by Crippen LogP contribution is -2.59. The molecule has 0 aromatic rings. The van der Waals surface area contributed by atoms with Gasteiger partial charge in [-0.25, -0.2) is 0 Å². The molecule has 1 N–H and O–H groups in total. The minimum absolute atomic E-state index is 0.623. The van der Waals surface area contributed by atoms with Crippen LogP contribution < -0.4 is 5.32 Å². The van der Waals surface area contributed by atoms with Crippen molar-refractivity contribution >= 4 is 0 Å². The fraction of sp³-hybridized carbons (Fsp3) is 1.00. The van der Waals surface area contributed by atoms with Crippen LogP contribution in [0.3, 0.4) is 0 Å². The number of piperazine rings is 1. The molecule has 0 aromatic heterocycles. The Morgan fingerprint density at radius 2 is 1.95 bits per heavy atom. The summed E-state index contributed by atoms with van der Waals surface area (Å²) in [5.74, 6) is 1.48. The molecule has 21 heavy (non-hydrogen) atoms. The number of rotatable bonds is 10. The zero-order valence-electron chi connectivity index (χ0n) is 14.7. The first-order valence-corrected chi connectivity index (χ1v) is 8.62. The SMILES string of the molecule is CCC(C)C1CN(CCOCCOC)C(CC(C)C)CN1. The van der Waals surface area contributed by atoms with Gasteiger partial charge in [0.2, 0.25) is 0 Å². The molecule has 4 heteroatoms. The molecule has 3 atom stereocenters. The van der Waals surface area contributed by atoms with Crippen LogP contribution >= 0.6 is 0 Å². The Bertz CT molecular complexity index is 261. The van der Waals surface area contributed by atoms with E-state index in [4.69, 9.17) is 9.47 Å². The fourth-order valence-electron chi connectivity index (χ4n) is 3.02. The molecule has 0 bridgehead atoms. The van der Waals surface area contributed by atoms with Crippen LogP contribution in [0.15, 0.2) is 0 Å². The zero-order valence-corrected chi connectivity index (χ0v) is 14.7. The molecule has 0 saturated carbocycles. The Labute approximate surface area is 131 Å². The Hall–Kier alpha value is -0.160. The van der Waals surface area contributed by atoms with E-state index in [1.165, 1.54) is 12.8 Å². The van der Waals surface area contributed by atoms with Gasteiger partial charge in [-0.2, -0.15) is 0 Å². The summed E-state index contributed by atoms with van der Waals surface area (Å²) in [7, 11) is 1.72. The molecule has 1 heterocycles. The first kappa shape index (κ1) is 18.9. The molecule has 0 aromatic carbocycles. The van der Waals surface area contributed by atoms with E-state index in [-0.39, 0.29) is 0 Å². The fourth-order valence-corrected chi connectivity index (χ4v) is 3.02. The van der Waals surface area contributed by atoms with E-state index >= 15 is 0 Å². The first-order valence-electron chi connectivity index (χ1n) is 8.62. The standard InChI is InChI=1S/C17H36N2O2/c1-6-15(4)17-13-19(7-8-21-10-9-20-5)16(12-18-17)11-14(2)3/h14-18H,6-13H2,1-5H3. The molecule has 4 nitrogen and oxygen atoms in total. The van der Waals surface area contributed by atoms with Crippen molar-refractivity contribution < 1.29 is 9.47 Å². The quantitative estimate of drug-likeness (QED) is 0.628. The van der Waals surface area contributed by atoms with Crippen molar-refractivity contribution in [3.8, 4) is 0 Å². The highest BCUT2D eigenvalue weighted by Crippen LogP contribution is 2.19. The third kappa shape index (κ3) is 7.09. The van der Waals surface area contributed by atoms with E-state index in [0.717, 1.165) is 38.1 Å². The molecule has 0 spiro atoms. The van der Waals surface area contributed by atoms with Crippen LogP contribution in [0.1, 0.15) is 40.5 Å². The molecule has 1 fully saturated rings. The van der Waals surface area contributed by atoms with Gasteiger partial charge in [0.25, 0.3) is 0 Å². The van der Waals surface area contributed by atoms with E-state index in [1.807, 2.05) is 0 Å². The molecule has 0 aliphatic carbocycles. The highest BCUT2D eigenvalue weighted by atomic mass is 16.5. The second-order valence-electron chi connectivity index (χ2n) is 6.78. The van der Waals surface area contributed by atoms with Crippen LogP contribution in [-0.4, -0.2) is 63.5 Å². The molecule has 0 radical (unpaired) electrons. The number of nitrogens with zero attached hydrogens (tertiary/aromatic N) is 1. The van der Waals surface area contributed by atoms with Crippen LogP contribution in [0.5, 0.6) is 0 Å². The molecule has 3 unspecified atom stereocenters. The number of methoxy groups -OCH3 is 1. The number of ether oxygens (including phenoxy) is 2. The van der Waals surface area contributed by atoms with Crippen LogP contribution in [0.4, 0.5) is 0 Å². The molecule has 1 aliphatic rings. The second kappa shape index (κ2) is 10.5. The average molecular weight is 300 g/mol. The summed E-state index contributed by atoms with van der Waals surface area (Å²) in [6.07, 6.45) is 2.50. The number of hydrogen-bond donors (Lipinski definition) is 1. The van der Waals surface area contributed by atoms with Gasteiger partial charge in [-0.1, -0.05) is 34.1 Å². The van der Waals surface area contributed by atoms with E-state index in [9.17, 15) is 0 Å². The zero-order chi connectivity index (χ0) is 15.7. The maximum Gasteiger partial charge on any atom is 0.0700 e. The van der Waals surface area contributed by atoms with Crippen LogP contribution in [0.25, 0.3) is 0 Å². The summed E-state index contributed by atoms with van der Waals surface area (Å²) in [5.41, 5.74) is 0. The Morgan fingerprint density at radius 3 is 2.57 bits per heavy atom. The largest absolute Gasteiger partial charge is 0.382 e. The maximum absolute atomic E-state index is 5.67. The summed E-state index contributed by atoms with van der Waals surface area (Å²) in [5, 5.41) is 3.76. The lowest BCUT2D eigenvalue weighted by Gasteiger charge is -2.43. The van der Waals surface area contributed by atoms with Crippen LogP contribution in [0.2, 0.25) is 0 Å². The number of nitrogens with one attached hydrogen (secondary N) is 1. The number of hydrogen-bond acceptors (Lipinski definition) is 4. The minimum Gasteiger partial charge on any atom is -0.382 e. The summed E-state index contributed by atoms with van der Waals surface area (Å²) < 4.78 is 10.7. The Kier molecular flexibility index (Phi) is 9.49.